The molecule has 0 heterocycles. The van der Waals surface area contributed by atoms with Crippen LogP contribution in [0.3, 0.4) is 0 Å². The summed E-state index contributed by atoms with van der Waals surface area (Å²) < 4.78 is 0. The minimum Gasteiger partial charge on any atom is -0.340 e. The molecule has 3 nitrogen and oxygen atoms in total. The van der Waals surface area contributed by atoms with Crippen molar-refractivity contribution < 1.29 is 4.79 Å². The molecule has 0 aromatic rings. The highest BCUT2D eigenvalue weighted by atomic mass is 16.2. The summed E-state index contributed by atoms with van der Waals surface area (Å²) in [7, 11) is 0. The number of nitrogens with zero attached hydrogens (tertiary/aromatic N) is 1. The van der Waals surface area contributed by atoms with Crippen molar-refractivity contribution >= 4 is 5.91 Å². The molecule has 2 fully saturated rings. The lowest BCUT2D eigenvalue weighted by molar-refractivity contribution is -0.141. The predicted molar refractivity (Wildman–Crippen MR) is 65.0 cm³/mol. The summed E-state index contributed by atoms with van der Waals surface area (Å²) in [6.07, 6.45) is 7.84. The van der Waals surface area contributed by atoms with E-state index in [1.54, 1.807) is 0 Å². The third-order valence-corrected chi connectivity index (χ3v) is 4.26. The average molecular weight is 224 g/mol. The van der Waals surface area contributed by atoms with Gasteiger partial charge in [-0.3, -0.25) is 4.79 Å². The summed E-state index contributed by atoms with van der Waals surface area (Å²) in [5.74, 6) is 0.754. The van der Waals surface area contributed by atoms with Gasteiger partial charge in [0, 0.05) is 24.5 Å². The molecule has 16 heavy (non-hydrogen) atoms. The van der Waals surface area contributed by atoms with Gasteiger partial charge < -0.3 is 10.6 Å². The summed E-state index contributed by atoms with van der Waals surface area (Å²) in [5.41, 5.74) is 5.91. The lowest BCUT2D eigenvalue weighted by atomic mass is 9.83. The van der Waals surface area contributed by atoms with Crippen LogP contribution in [0.4, 0.5) is 0 Å². The Kier molecular flexibility index (Phi) is 3.85. The van der Waals surface area contributed by atoms with Gasteiger partial charge in [-0.25, -0.2) is 0 Å². The number of hydrogen-bond acceptors (Lipinski definition) is 2. The summed E-state index contributed by atoms with van der Waals surface area (Å²) in [5, 5.41) is 0. The van der Waals surface area contributed by atoms with E-state index in [-0.39, 0.29) is 0 Å². The first-order valence-electron chi connectivity index (χ1n) is 6.78. The van der Waals surface area contributed by atoms with Crippen molar-refractivity contribution in [2.75, 3.05) is 6.54 Å². The molecule has 0 aromatic carbocycles. The third-order valence-electron chi connectivity index (χ3n) is 4.26. The maximum Gasteiger partial charge on any atom is 0.225 e. The van der Waals surface area contributed by atoms with Crippen LogP contribution < -0.4 is 5.73 Å². The van der Waals surface area contributed by atoms with Crippen LogP contribution in [0, 0.1) is 5.92 Å². The van der Waals surface area contributed by atoms with Gasteiger partial charge in [0.1, 0.15) is 0 Å². The van der Waals surface area contributed by atoms with Crippen LogP contribution in [0.2, 0.25) is 0 Å². The second kappa shape index (κ2) is 5.17. The molecule has 2 aliphatic carbocycles. The van der Waals surface area contributed by atoms with Crippen molar-refractivity contribution in [2.24, 2.45) is 11.7 Å². The highest BCUT2D eigenvalue weighted by Gasteiger charge is 2.33. The Morgan fingerprint density at radius 2 is 1.81 bits per heavy atom. The van der Waals surface area contributed by atoms with Crippen molar-refractivity contribution in [1.82, 2.24) is 4.90 Å². The molecule has 0 bridgehead atoms. The number of hydrogen-bond donors (Lipinski definition) is 1. The zero-order valence-electron chi connectivity index (χ0n) is 10.3. The van der Waals surface area contributed by atoms with E-state index in [2.05, 4.69) is 11.8 Å². The topological polar surface area (TPSA) is 46.3 Å². The van der Waals surface area contributed by atoms with Gasteiger partial charge in [-0.2, -0.15) is 0 Å². The first-order valence-corrected chi connectivity index (χ1v) is 6.78. The number of nitrogens with two attached hydrogens (primary N) is 1. The minimum atomic E-state index is 0.343. The highest BCUT2D eigenvalue weighted by molar-refractivity contribution is 5.79. The van der Waals surface area contributed by atoms with Crippen molar-refractivity contribution in [1.29, 1.82) is 0 Å². The van der Waals surface area contributed by atoms with Crippen LogP contribution in [-0.4, -0.2) is 29.4 Å². The van der Waals surface area contributed by atoms with E-state index in [1.165, 1.54) is 6.42 Å². The molecule has 92 valence electrons. The normalized spacial score (nSPS) is 30.9. The zero-order valence-corrected chi connectivity index (χ0v) is 10.3. The van der Waals surface area contributed by atoms with Gasteiger partial charge in [0.25, 0.3) is 0 Å². The molecule has 2 rings (SSSR count). The molecule has 2 saturated carbocycles. The molecule has 1 amide bonds. The maximum atomic E-state index is 12.2. The first-order chi connectivity index (χ1) is 7.72. The molecular formula is C13H24N2O. The molecule has 0 spiro atoms. The van der Waals surface area contributed by atoms with Crippen molar-refractivity contribution in [3.63, 3.8) is 0 Å². The van der Waals surface area contributed by atoms with Crippen LogP contribution in [0.15, 0.2) is 0 Å². The Hall–Kier alpha value is -0.570. The molecule has 0 atom stereocenters. The molecule has 0 saturated heterocycles. The van der Waals surface area contributed by atoms with Crippen molar-refractivity contribution in [2.45, 2.75) is 64.0 Å². The number of rotatable bonds is 3. The minimum absolute atomic E-state index is 0.343. The van der Waals surface area contributed by atoms with Crippen LogP contribution in [0.5, 0.6) is 0 Å². The lowest BCUT2D eigenvalue weighted by Gasteiger charge is -2.39. The Morgan fingerprint density at radius 1 is 1.19 bits per heavy atom. The molecular weight excluding hydrogens is 200 g/mol. The molecule has 2 N–H and O–H groups in total. The predicted octanol–water partition coefficient (Wildman–Crippen LogP) is 1.90. The fourth-order valence-corrected chi connectivity index (χ4v) is 2.90. The third kappa shape index (κ3) is 2.40. The van der Waals surface area contributed by atoms with E-state index in [1.807, 2.05) is 0 Å². The van der Waals surface area contributed by atoms with E-state index < -0.39 is 0 Å². The number of amides is 1. The fraction of sp³-hybridized carbons (Fsp3) is 0.923. The van der Waals surface area contributed by atoms with Crippen LogP contribution in [-0.2, 0) is 4.79 Å². The summed E-state index contributed by atoms with van der Waals surface area (Å²) in [4.78, 5) is 14.4. The van der Waals surface area contributed by atoms with Gasteiger partial charge >= 0.3 is 0 Å². The summed E-state index contributed by atoms with van der Waals surface area (Å²) in [6, 6.07) is 0.840. The standard InChI is InChI=1S/C13H24N2O/c1-2-15(13(16)10-4-3-5-10)12-8-6-11(14)7-9-12/h10-12H,2-9,14H2,1H3. The second-order valence-corrected chi connectivity index (χ2v) is 5.32. The maximum absolute atomic E-state index is 12.2. The lowest BCUT2D eigenvalue weighted by Crippen LogP contribution is -2.47. The van der Waals surface area contributed by atoms with Gasteiger partial charge in [-0.1, -0.05) is 6.42 Å². The largest absolute Gasteiger partial charge is 0.340 e. The monoisotopic (exact) mass is 224 g/mol. The van der Waals surface area contributed by atoms with E-state index in [4.69, 9.17) is 5.73 Å². The average Bonchev–Trinajstić information content (AvgIpc) is 2.19. The summed E-state index contributed by atoms with van der Waals surface area (Å²) >= 11 is 0. The van der Waals surface area contributed by atoms with Gasteiger partial charge in [0.15, 0.2) is 0 Å². The zero-order chi connectivity index (χ0) is 11.5. The SMILES string of the molecule is CCN(C(=O)C1CCC1)C1CCC(N)CC1. The molecule has 0 radical (unpaired) electrons. The Balaban J connectivity index is 1.90. The number of carbonyl (C=O) groups is 1. The van der Waals surface area contributed by atoms with Gasteiger partial charge in [0.05, 0.1) is 0 Å². The Morgan fingerprint density at radius 3 is 2.25 bits per heavy atom. The number of carbonyl (C=O) groups excluding carboxylic acids is 1. The van der Waals surface area contributed by atoms with Crippen LogP contribution >= 0.6 is 0 Å². The van der Waals surface area contributed by atoms with E-state index >= 15 is 0 Å². The molecule has 3 heteroatoms. The van der Waals surface area contributed by atoms with Gasteiger partial charge in [-0.15, -0.1) is 0 Å². The molecule has 0 aliphatic heterocycles. The Bertz CT molecular complexity index is 242. The highest BCUT2D eigenvalue weighted by Crippen LogP contribution is 2.31. The smallest absolute Gasteiger partial charge is 0.225 e. The van der Waals surface area contributed by atoms with Crippen LogP contribution in [0.1, 0.15) is 51.9 Å². The van der Waals surface area contributed by atoms with Crippen molar-refractivity contribution in [3.05, 3.63) is 0 Å². The second-order valence-electron chi connectivity index (χ2n) is 5.32. The van der Waals surface area contributed by atoms with Crippen LogP contribution in [0.25, 0.3) is 0 Å². The van der Waals surface area contributed by atoms with E-state index in [0.717, 1.165) is 45.1 Å². The van der Waals surface area contributed by atoms with E-state index in [9.17, 15) is 4.79 Å². The van der Waals surface area contributed by atoms with Crippen molar-refractivity contribution in [3.8, 4) is 0 Å². The van der Waals surface area contributed by atoms with Gasteiger partial charge in [-0.05, 0) is 45.4 Å². The quantitative estimate of drug-likeness (QED) is 0.796. The van der Waals surface area contributed by atoms with Gasteiger partial charge in [0.2, 0.25) is 5.91 Å². The summed E-state index contributed by atoms with van der Waals surface area (Å²) in [6.45, 7) is 2.97. The molecule has 0 aromatic heterocycles. The fourth-order valence-electron chi connectivity index (χ4n) is 2.90. The molecule has 0 unspecified atom stereocenters. The molecule has 2 aliphatic rings. The van der Waals surface area contributed by atoms with E-state index in [0.29, 0.717) is 23.9 Å². The first kappa shape index (κ1) is 11.9. The Labute approximate surface area is 98.4 Å².